The molecule has 0 aliphatic heterocycles. The predicted molar refractivity (Wildman–Crippen MR) is 57.0 cm³/mol. The van der Waals surface area contributed by atoms with Crippen molar-refractivity contribution in [1.29, 1.82) is 0 Å². The van der Waals surface area contributed by atoms with Crippen LogP contribution in [0, 0.1) is 5.82 Å². The number of ether oxygens (including phenoxy) is 1. The number of carbonyl (C=O) groups excluding carboxylic acids is 1. The van der Waals surface area contributed by atoms with Crippen molar-refractivity contribution in [3.05, 3.63) is 29.6 Å². The summed E-state index contributed by atoms with van der Waals surface area (Å²) in [4.78, 5) is 11.5. The summed E-state index contributed by atoms with van der Waals surface area (Å²) in [5.74, 6) is -0.929. The minimum absolute atomic E-state index is 0.0899. The van der Waals surface area contributed by atoms with Gasteiger partial charge in [-0.25, -0.2) is 4.39 Å². The van der Waals surface area contributed by atoms with Gasteiger partial charge in [0.25, 0.3) is 5.91 Å². The average molecular weight is 227 g/mol. The van der Waals surface area contributed by atoms with Crippen LogP contribution in [0.2, 0.25) is 0 Å². The molecule has 0 bridgehead atoms. The Kier molecular flexibility index (Phi) is 4.25. The molecule has 5 heteroatoms. The molecule has 0 spiro atoms. The van der Waals surface area contributed by atoms with Gasteiger partial charge in [0.2, 0.25) is 0 Å². The highest BCUT2D eigenvalue weighted by molar-refractivity contribution is 5.94. The predicted octanol–water partition coefficient (Wildman–Crippen LogP) is 0.945. The molecular weight excluding hydrogens is 213 g/mol. The smallest absolute Gasteiger partial charge is 0.251 e. The van der Waals surface area contributed by atoms with Gasteiger partial charge in [0.05, 0.1) is 13.2 Å². The van der Waals surface area contributed by atoms with E-state index in [1.54, 1.807) is 6.92 Å². The number of rotatable bonds is 4. The number of aliphatic hydroxyl groups is 1. The molecule has 4 nitrogen and oxygen atoms in total. The summed E-state index contributed by atoms with van der Waals surface area (Å²) in [7, 11) is 1.35. The highest BCUT2D eigenvalue weighted by Crippen LogP contribution is 2.17. The van der Waals surface area contributed by atoms with Gasteiger partial charge in [-0.2, -0.15) is 0 Å². The van der Waals surface area contributed by atoms with Gasteiger partial charge in [-0.1, -0.05) is 0 Å². The van der Waals surface area contributed by atoms with E-state index < -0.39 is 17.8 Å². The molecule has 0 aromatic heterocycles. The second kappa shape index (κ2) is 5.46. The first kappa shape index (κ1) is 12.4. The van der Waals surface area contributed by atoms with Crippen LogP contribution >= 0.6 is 0 Å². The maximum atomic E-state index is 13.3. The Morgan fingerprint density at radius 1 is 1.62 bits per heavy atom. The summed E-state index contributed by atoms with van der Waals surface area (Å²) >= 11 is 0. The summed E-state index contributed by atoms with van der Waals surface area (Å²) in [6.07, 6.45) is -0.632. The molecule has 0 radical (unpaired) electrons. The minimum atomic E-state index is -0.632. The van der Waals surface area contributed by atoms with Gasteiger partial charge in [0.1, 0.15) is 0 Å². The summed E-state index contributed by atoms with van der Waals surface area (Å²) in [5, 5.41) is 11.4. The lowest BCUT2D eigenvalue weighted by molar-refractivity contribution is 0.0923. The fourth-order valence-electron chi connectivity index (χ4n) is 1.15. The van der Waals surface area contributed by atoms with Gasteiger partial charge >= 0.3 is 0 Å². The molecule has 1 aromatic rings. The first-order valence-corrected chi connectivity index (χ1v) is 4.84. The molecule has 0 saturated carbocycles. The Hall–Kier alpha value is -1.62. The molecule has 1 aromatic carbocycles. The zero-order chi connectivity index (χ0) is 12.1. The normalized spacial score (nSPS) is 12.0. The zero-order valence-corrected chi connectivity index (χ0v) is 9.16. The van der Waals surface area contributed by atoms with E-state index in [2.05, 4.69) is 5.32 Å². The highest BCUT2D eigenvalue weighted by atomic mass is 19.1. The summed E-state index contributed by atoms with van der Waals surface area (Å²) in [5.41, 5.74) is 0.193. The second-order valence-electron chi connectivity index (χ2n) is 3.41. The Balaban J connectivity index is 2.73. The van der Waals surface area contributed by atoms with Crippen molar-refractivity contribution < 1.29 is 19.0 Å². The molecule has 0 aliphatic carbocycles. The van der Waals surface area contributed by atoms with Crippen LogP contribution in [0.15, 0.2) is 18.2 Å². The summed E-state index contributed by atoms with van der Waals surface area (Å²) in [6, 6.07) is 3.93. The van der Waals surface area contributed by atoms with E-state index in [9.17, 15) is 9.18 Å². The Morgan fingerprint density at radius 2 is 2.31 bits per heavy atom. The molecule has 0 saturated heterocycles. The second-order valence-corrected chi connectivity index (χ2v) is 3.41. The number of methoxy groups -OCH3 is 1. The number of amides is 1. The van der Waals surface area contributed by atoms with E-state index in [1.807, 2.05) is 0 Å². The average Bonchev–Trinajstić information content (AvgIpc) is 2.25. The van der Waals surface area contributed by atoms with E-state index >= 15 is 0 Å². The lowest BCUT2D eigenvalue weighted by Gasteiger charge is -2.08. The van der Waals surface area contributed by atoms with Crippen molar-refractivity contribution in [2.24, 2.45) is 0 Å². The van der Waals surface area contributed by atoms with Crippen molar-refractivity contribution in [2.45, 2.75) is 13.0 Å². The Bertz CT molecular complexity index is 379. The van der Waals surface area contributed by atoms with Gasteiger partial charge in [-0.05, 0) is 25.1 Å². The largest absolute Gasteiger partial charge is 0.494 e. The molecule has 1 amide bonds. The van der Waals surface area contributed by atoms with Crippen molar-refractivity contribution in [1.82, 2.24) is 5.32 Å². The molecule has 0 aliphatic rings. The summed E-state index contributed by atoms with van der Waals surface area (Å²) < 4.78 is 18.0. The molecular formula is C11H14FNO3. The highest BCUT2D eigenvalue weighted by Gasteiger charge is 2.10. The topological polar surface area (TPSA) is 58.6 Å². The van der Waals surface area contributed by atoms with E-state index in [-0.39, 0.29) is 17.9 Å². The lowest BCUT2D eigenvalue weighted by atomic mass is 10.2. The molecule has 0 unspecified atom stereocenters. The fourth-order valence-corrected chi connectivity index (χ4v) is 1.15. The van der Waals surface area contributed by atoms with Crippen LogP contribution in [0.5, 0.6) is 5.75 Å². The molecule has 2 N–H and O–H groups in total. The molecule has 1 atom stereocenters. The zero-order valence-electron chi connectivity index (χ0n) is 9.16. The number of carbonyl (C=O) groups is 1. The van der Waals surface area contributed by atoms with Crippen LogP contribution in [0.4, 0.5) is 4.39 Å². The third-order valence-electron chi connectivity index (χ3n) is 1.97. The van der Waals surface area contributed by atoms with Crippen LogP contribution < -0.4 is 10.1 Å². The quantitative estimate of drug-likeness (QED) is 0.805. The van der Waals surface area contributed by atoms with Crippen LogP contribution in [-0.4, -0.2) is 30.8 Å². The third-order valence-corrected chi connectivity index (χ3v) is 1.97. The lowest BCUT2D eigenvalue weighted by Crippen LogP contribution is -2.30. The van der Waals surface area contributed by atoms with E-state index in [0.29, 0.717) is 0 Å². The van der Waals surface area contributed by atoms with Crippen LogP contribution in [0.1, 0.15) is 17.3 Å². The Labute approximate surface area is 93.0 Å². The van der Waals surface area contributed by atoms with Gasteiger partial charge in [-0.3, -0.25) is 4.79 Å². The first-order valence-electron chi connectivity index (χ1n) is 4.84. The number of aliphatic hydroxyl groups excluding tert-OH is 1. The van der Waals surface area contributed by atoms with Crippen LogP contribution in [0.3, 0.4) is 0 Å². The Morgan fingerprint density at radius 3 is 2.81 bits per heavy atom. The third kappa shape index (κ3) is 3.20. The van der Waals surface area contributed by atoms with Crippen molar-refractivity contribution in [3.8, 4) is 5.75 Å². The van der Waals surface area contributed by atoms with Gasteiger partial charge in [0.15, 0.2) is 11.6 Å². The summed E-state index contributed by atoms with van der Waals surface area (Å²) in [6.45, 7) is 1.68. The van der Waals surface area contributed by atoms with Gasteiger partial charge < -0.3 is 15.2 Å². The van der Waals surface area contributed by atoms with E-state index in [0.717, 1.165) is 6.07 Å². The molecule has 16 heavy (non-hydrogen) atoms. The maximum absolute atomic E-state index is 13.3. The number of benzene rings is 1. The van der Waals surface area contributed by atoms with E-state index in [4.69, 9.17) is 9.84 Å². The standard InChI is InChI=1S/C11H14FNO3/c1-7(14)6-13-11(15)8-3-4-10(16-2)9(12)5-8/h3-5,7,14H,6H2,1-2H3,(H,13,15)/t7-/m0/s1. The number of halogens is 1. The monoisotopic (exact) mass is 227 g/mol. The van der Waals surface area contributed by atoms with Gasteiger partial charge in [-0.15, -0.1) is 0 Å². The minimum Gasteiger partial charge on any atom is -0.494 e. The number of hydrogen-bond acceptors (Lipinski definition) is 3. The van der Waals surface area contributed by atoms with Crippen molar-refractivity contribution in [2.75, 3.05) is 13.7 Å². The van der Waals surface area contributed by atoms with Crippen LogP contribution in [-0.2, 0) is 0 Å². The van der Waals surface area contributed by atoms with Crippen molar-refractivity contribution >= 4 is 5.91 Å². The maximum Gasteiger partial charge on any atom is 0.251 e. The molecule has 1 rings (SSSR count). The molecule has 88 valence electrons. The van der Waals surface area contributed by atoms with E-state index in [1.165, 1.54) is 19.2 Å². The first-order chi connectivity index (χ1) is 7.54. The SMILES string of the molecule is COc1ccc(C(=O)NC[C@H](C)O)cc1F. The molecule has 0 heterocycles. The van der Waals surface area contributed by atoms with Crippen molar-refractivity contribution in [3.63, 3.8) is 0 Å². The van der Waals surface area contributed by atoms with Crippen LogP contribution in [0.25, 0.3) is 0 Å². The molecule has 0 fully saturated rings. The van der Waals surface area contributed by atoms with Gasteiger partial charge in [0, 0.05) is 12.1 Å². The fraction of sp³-hybridized carbons (Fsp3) is 0.364. The number of nitrogens with one attached hydrogen (secondary N) is 1. The number of hydrogen-bond donors (Lipinski definition) is 2.